The average Bonchev–Trinajstić information content (AvgIpc) is 2.42. The first-order chi connectivity index (χ1) is 9.08. The van der Waals surface area contributed by atoms with E-state index in [1.54, 1.807) is 0 Å². The Morgan fingerprint density at radius 2 is 1.89 bits per heavy atom. The second-order valence-electron chi connectivity index (χ2n) is 4.71. The van der Waals surface area contributed by atoms with E-state index in [9.17, 15) is 4.79 Å². The van der Waals surface area contributed by atoms with Gasteiger partial charge in [0.15, 0.2) is 0 Å². The van der Waals surface area contributed by atoms with Crippen LogP contribution >= 0.6 is 11.6 Å². The highest BCUT2D eigenvalue weighted by molar-refractivity contribution is 6.31. The maximum absolute atomic E-state index is 11.8. The molecule has 106 valence electrons. The smallest absolute Gasteiger partial charge is 0.234 e. The van der Waals surface area contributed by atoms with Crippen LogP contribution in [0.3, 0.4) is 0 Å². The van der Waals surface area contributed by atoms with Crippen LogP contribution in [0.5, 0.6) is 0 Å². The lowest BCUT2D eigenvalue weighted by molar-refractivity contribution is -0.121. The van der Waals surface area contributed by atoms with Crippen molar-refractivity contribution < 1.29 is 4.79 Å². The van der Waals surface area contributed by atoms with Crippen LogP contribution < -0.4 is 10.6 Å². The number of carbonyl (C=O) groups is 1. The number of benzene rings is 1. The molecule has 0 saturated heterocycles. The van der Waals surface area contributed by atoms with Crippen LogP contribution in [0.15, 0.2) is 24.3 Å². The molecular formula is C15H23ClN2O. The molecule has 3 nitrogen and oxygen atoms in total. The summed E-state index contributed by atoms with van der Waals surface area (Å²) >= 11 is 6.12. The molecule has 1 amide bonds. The number of nitrogens with one attached hydrogen (secondary N) is 2. The lowest BCUT2D eigenvalue weighted by Gasteiger charge is -2.18. The van der Waals surface area contributed by atoms with E-state index < -0.39 is 0 Å². The zero-order valence-corrected chi connectivity index (χ0v) is 12.6. The molecule has 0 aromatic heterocycles. The van der Waals surface area contributed by atoms with Crippen LogP contribution in [-0.4, -0.2) is 18.5 Å². The van der Waals surface area contributed by atoms with E-state index in [4.69, 9.17) is 11.6 Å². The molecule has 1 aromatic carbocycles. The van der Waals surface area contributed by atoms with Crippen LogP contribution in [0.25, 0.3) is 0 Å². The lowest BCUT2D eigenvalue weighted by atomic mass is 10.1. The molecule has 2 N–H and O–H groups in total. The summed E-state index contributed by atoms with van der Waals surface area (Å²) in [6.45, 7) is 6.47. The van der Waals surface area contributed by atoms with Crippen molar-refractivity contribution in [2.45, 2.75) is 45.7 Å². The van der Waals surface area contributed by atoms with Crippen molar-refractivity contribution in [2.75, 3.05) is 6.54 Å². The molecule has 1 rings (SSSR count). The summed E-state index contributed by atoms with van der Waals surface area (Å²) in [6, 6.07) is 8.01. The first kappa shape index (κ1) is 16.0. The Morgan fingerprint density at radius 1 is 1.26 bits per heavy atom. The molecule has 1 unspecified atom stereocenters. The van der Waals surface area contributed by atoms with Gasteiger partial charge < -0.3 is 10.6 Å². The molecule has 0 aliphatic carbocycles. The largest absolute Gasteiger partial charge is 0.352 e. The molecule has 0 aliphatic heterocycles. The number of halogens is 1. The molecule has 0 aliphatic rings. The van der Waals surface area contributed by atoms with Gasteiger partial charge in [0.05, 0.1) is 6.54 Å². The zero-order valence-electron chi connectivity index (χ0n) is 11.9. The fourth-order valence-corrected chi connectivity index (χ4v) is 2.25. The summed E-state index contributed by atoms with van der Waals surface area (Å²) in [6.07, 6.45) is 1.92. The van der Waals surface area contributed by atoms with Gasteiger partial charge in [-0.05, 0) is 31.4 Å². The lowest BCUT2D eigenvalue weighted by Crippen LogP contribution is -2.40. The standard InChI is InChI=1S/C15H23ClN2O/c1-4-12(5-2)18-15(19)10-17-11(3)13-8-6-7-9-14(13)16/h6-9,11-12,17H,4-5,10H2,1-3H3,(H,18,19). The van der Waals surface area contributed by atoms with Gasteiger partial charge in [0.25, 0.3) is 0 Å². The predicted molar refractivity (Wildman–Crippen MR) is 80.4 cm³/mol. The number of hydrogen-bond acceptors (Lipinski definition) is 2. The van der Waals surface area contributed by atoms with Crippen molar-refractivity contribution in [1.29, 1.82) is 0 Å². The summed E-state index contributed by atoms with van der Waals surface area (Å²) in [4.78, 5) is 11.8. The normalized spacial score (nSPS) is 12.5. The summed E-state index contributed by atoms with van der Waals surface area (Å²) in [7, 11) is 0. The van der Waals surface area contributed by atoms with E-state index in [1.165, 1.54) is 0 Å². The number of rotatable bonds is 7. The fraction of sp³-hybridized carbons (Fsp3) is 0.533. The van der Waals surface area contributed by atoms with Crippen LogP contribution in [0.4, 0.5) is 0 Å². The molecule has 0 saturated carbocycles. The van der Waals surface area contributed by atoms with E-state index in [1.807, 2.05) is 31.2 Å². The maximum atomic E-state index is 11.8. The maximum Gasteiger partial charge on any atom is 0.234 e. The molecule has 0 spiro atoms. The van der Waals surface area contributed by atoms with E-state index in [2.05, 4.69) is 24.5 Å². The third kappa shape index (κ3) is 5.21. The Labute approximate surface area is 120 Å². The quantitative estimate of drug-likeness (QED) is 0.806. The van der Waals surface area contributed by atoms with Gasteiger partial charge >= 0.3 is 0 Å². The van der Waals surface area contributed by atoms with E-state index in [0.717, 1.165) is 23.4 Å². The second-order valence-corrected chi connectivity index (χ2v) is 5.11. The van der Waals surface area contributed by atoms with Crippen LogP contribution in [-0.2, 0) is 4.79 Å². The van der Waals surface area contributed by atoms with Crippen molar-refractivity contribution in [3.8, 4) is 0 Å². The molecule has 19 heavy (non-hydrogen) atoms. The summed E-state index contributed by atoms with van der Waals surface area (Å²) in [5.74, 6) is 0.0348. The van der Waals surface area contributed by atoms with Gasteiger partial charge in [0.2, 0.25) is 5.91 Å². The SMILES string of the molecule is CCC(CC)NC(=O)CNC(C)c1ccccc1Cl. The minimum Gasteiger partial charge on any atom is -0.352 e. The van der Waals surface area contributed by atoms with Crippen molar-refractivity contribution >= 4 is 17.5 Å². The number of amides is 1. The molecule has 0 radical (unpaired) electrons. The fourth-order valence-electron chi connectivity index (χ4n) is 1.95. The molecule has 1 aromatic rings. The van der Waals surface area contributed by atoms with Crippen molar-refractivity contribution in [2.24, 2.45) is 0 Å². The minimum absolute atomic E-state index is 0.0348. The second kappa shape index (κ2) is 8.18. The monoisotopic (exact) mass is 282 g/mol. The highest BCUT2D eigenvalue weighted by Crippen LogP contribution is 2.21. The van der Waals surface area contributed by atoms with E-state index in [-0.39, 0.29) is 18.0 Å². The predicted octanol–water partition coefficient (Wildman–Crippen LogP) is 3.30. The van der Waals surface area contributed by atoms with Crippen molar-refractivity contribution in [3.05, 3.63) is 34.9 Å². The van der Waals surface area contributed by atoms with Crippen LogP contribution in [0.1, 0.15) is 45.2 Å². The minimum atomic E-state index is 0.0348. The number of carbonyl (C=O) groups excluding carboxylic acids is 1. The Balaban J connectivity index is 2.44. The molecular weight excluding hydrogens is 260 g/mol. The topological polar surface area (TPSA) is 41.1 Å². The molecule has 4 heteroatoms. The summed E-state index contributed by atoms with van der Waals surface area (Å²) in [5, 5.41) is 6.92. The van der Waals surface area contributed by atoms with Gasteiger partial charge in [0.1, 0.15) is 0 Å². The Bertz CT molecular complexity index is 405. The first-order valence-corrected chi connectivity index (χ1v) is 7.23. The van der Waals surface area contributed by atoms with Gasteiger partial charge in [0, 0.05) is 17.1 Å². The molecule has 0 heterocycles. The Morgan fingerprint density at radius 3 is 2.47 bits per heavy atom. The summed E-state index contributed by atoms with van der Waals surface area (Å²) < 4.78 is 0. The Kier molecular flexibility index (Phi) is 6.89. The molecule has 0 fully saturated rings. The van der Waals surface area contributed by atoms with E-state index in [0.29, 0.717) is 6.54 Å². The van der Waals surface area contributed by atoms with Crippen molar-refractivity contribution in [1.82, 2.24) is 10.6 Å². The zero-order chi connectivity index (χ0) is 14.3. The van der Waals surface area contributed by atoms with Gasteiger partial charge in [-0.3, -0.25) is 4.79 Å². The Hall–Kier alpha value is -1.06. The van der Waals surface area contributed by atoms with Gasteiger partial charge in [-0.2, -0.15) is 0 Å². The van der Waals surface area contributed by atoms with Crippen LogP contribution in [0, 0.1) is 0 Å². The van der Waals surface area contributed by atoms with E-state index >= 15 is 0 Å². The van der Waals surface area contributed by atoms with Gasteiger partial charge in [-0.15, -0.1) is 0 Å². The first-order valence-electron chi connectivity index (χ1n) is 6.85. The number of hydrogen-bond donors (Lipinski definition) is 2. The summed E-state index contributed by atoms with van der Waals surface area (Å²) in [5.41, 5.74) is 1.01. The average molecular weight is 283 g/mol. The van der Waals surface area contributed by atoms with Crippen LogP contribution in [0.2, 0.25) is 5.02 Å². The molecule has 0 bridgehead atoms. The highest BCUT2D eigenvalue weighted by Gasteiger charge is 2.12. The third-order valence-corrected chi connectivity index (χ3v) is 3.64. The third-order valence-electron chi connectivity index (χ3n) is 3.29. The van der Waals surface area contributed by atoms with Gasteiger partial charge in [-0.25, -0.2) is 0 Å². The highest BCUT2D eigenvalue weighted by atomic mass is 35.5. The van der Waals surface area contributed by atoms with Crippen molar-refractivity contribution in [3.63, 3.8) is 0 Å². The van der Waals surface area contributed by atoms with Gasteiger partial charge in [-0.1, -0.05) is 43.6 Å². The molecule has 1 atom stereocenters.